The van der Waals surface area contributed by atoms with Gasteiger partial charge in [-0.3, -0.25) is 39.5 Å². The molecule has 20 rings (SSSR count). The fraction of sp³-hybridized carbons (Fsp3) is 0.402. The molecule has 8 aliphatic heterocycles. The van der Waals surface area contributed by atoms with E-state index in [0.29, 0.717) is 55.9 Å². The first-order chi connectivity index (χ1) is 52.2. The number of halogens is 3. The summed E-state index contributed by atoms with van der Waals surface area (Å²) in [5.41, 5.74) is 21.7. The Kier molecular flexibility index (Phi) is 20.3. The van der Waals surface area contributed by atoms with Gasteiger partial charge in [0.1, 0.15) is 11.6 Å². The number of aromatic nitrogens is 8. The van der Waals surface area contributed by atoms with Crippen LogP contribution in [-0.2, 0) is 58.5 Å². The number of aliphatic hydroxyl groups is 5. The Morgan fingerprint density at radius 2 is 0.785 bits per heavy atom. The van der Waals surface area contributed by atoms with Crippen molar-refractivity contribution < 1.29 is 34.3 Å². The zero-order chi connectivity index (χ0) is 73.1. The van der Waals surface area contributed by atoms with E-state index in [0.717, 1.165) is 120 Å². The van der Waals surface area contributed by atoms with Gasteiger partial charge >= 0.3 is 0 Å². The van der Waals surface area contributed by atoms with E-state index in [-0.39, 0.29) is 12.4 Å². The third kappa shape index (κ3) is 13.6. The van der Waals surface area contributed by atoms with Crippen molar-refractivity contribution in [3.63, 3.8) is 0 Å². The third-order valence-electron chi connectivity index (χ3n) is 24.7. The van der Waals surface area contributed by atoms with Gasteiger partial charge in [-0.15, -0.1) is 0 Å². The standard InChI is InChI=1S/C22H24ClN3O.C22H24FN3O.C22H25N3O2.C21H22FN3O/c1-14-11-16-20(12-17(14)23)26(13-21(27)15-4-7-24-8-5-15)19-6-10-25-9-2-3-18(25)22(16)19;1-14-4-5-18-16(11-14)22-19-3-2-9-25(19)10-7-20(22)26(18)13-21(27)15-6-8-24-12-17(15)23;26-14-15-3-4-18-17(12-15)22-19-2-1-10-24(19)11-7-20(22)25(18)13-21(27)16-5-8-23-9-6-16;22-15-3-4-17-16(12-15)21-18-2-1-10-24(18)11-7-19(21)25(17)13-20(26)14-5-8-23-9-6-14/h4-5,7-8,11-12,18,21,27H,2-3,6,9-10,13H2,1H3;4-6,8,11-12,19,21,27H,2-3,7,9-10,13H2,1H3;3-6,8-9,12,19,21,26-27H,1-2,7,10-11,13-14H2;3-6,8-9,12,18,20,26H,1-2,7,10-11,13H2. The zero-order valence-corrected chi connectivity index (χ0v) is 61.8. The highest BCUT2D eigenvalue weighted by Crippen LogP contribution is 2.49. The second kappa shape index (κ2) is 30.5. The van der Waals surface area contributed by atoms with E-state index < -0.39 is 30.2 Å². The average molecular weight is 1460 g/mol. The lowest BCUT2D eigenvalue weighted by Gasteiger charge is -2.31. The third-order valence-corrected chi connectivity index (χ3v) is 25.1. The van der Waals surface area contributed by atoms with Gasteiger partial charge in [-0.1, -0.05) is 29.3 Å². The van der Waals surface area contributed by atoms with E-state index in [2.05, 4.69) is 114 Å². The molecule has 0 saturated carbocycles. The van der Waals surface area contributed by atoms with Crippen molar-refractivity contribution >= 4 is 55.2 Å². The van der Waals surface area contributed by atoms with Gasteiger partial charge < -0.3 is 43.8 Å². The normalized spacial score (nSPS) is 20.7. The van der Waals surface area contributed by atoms with Crippen molar-refractivity contribution in [2.45, 2.75) is 172 Å². The predicted molar refractivity (Wildman–Crippen MR) is 414 cm³/mol. The van der Waals surface area contributed by atoms with Crippen molar-refractivity contribution in [2.75, 3.05) is 52.4 Å². The number of aliphatic hydroxyl groups excluding tert-OH is 5. The van der Waals surface area contributed by atoms with E-state index in [9.17, 15) is 34.3 Å². The number of pyridine rings is 4. The van der Waals surface area contributed by atoms with Crippen molar-refractivity contribution in [1.82, 2.24) is 57.8 Å². The summed E-state index contributed by atoms with van der Waals surface area (Å²) in [6.07, 6.45) is 24.1. The zero-order valence-electron chi connectivity index (χ0n) is 61.0. The van der Waals surface area contributed by atoms with Crippen LogP contribution in [0.1, 0.15) is 184 Å². The van der Waals surface area contributed by atoms with Gasteiger partial charge in [-0.25, -0.2) is 8.78 Å². The average Bonchev–Trinajstić information content (AvgIpc) is 1.61. The van der Waals surface area contributed by atoms with Crippen LogP contribution < -0.4 is 0 Å². The van der Waals surface area contributed by atoms with E-state index in [1.807, 2.05) is 48.5 Å². The molecule has 4 fully saturated rings. The van der Waals surface area contributed by atoms with E-state index in [4.69, 9.17) is 11.6 Å². The fourth-order valence-corrected chi connectivity index (χ4v) is 19.8. The van der Waals surface area contributed by atoms with Crippen LogP contribution in [0.5, 0.6) is 0 Å². The summed E-state index contributed by atoms with van der Waals surface area (Å²) in [7, 11) is 0. The molecular formula is C87H95ClF2N12O5. The van der Waals surface area contributed by atoms with Gasteiger partial charge in [0.15, 0.2) is 0 Å². The number of benzene rings is 4. The molecule has 8 atom stereocenters. The molecule has 8 aliphatic rings. The molecule has 4 saturated heterocycles. The van der Waals surface area contributed by atoms with Crippen molar-refractivity contribution in [3.05, 3.63) is 259 Å². The topological polar surface area (TPSA) is 185 Å². The number of hydrogen-bond donors (Lipinski definition) is 5. The lowest BCUT2D eigenvalue weighted by Crippen LogP contribution is -2.31. The van der Waals surface area contributed by atoms with Gasteiger partial charge in [0, 0.05) is 191 Å². The Hall–Kier alpha value is -8.57. The van der Waals surface area contributed by atoms with E-state index in [1.165, 1.54) is 155 Å². The van der Waals surface area contributed by atoms with Crippen LogP contribution in [-0.4, -0.2) is 136 Å². The summed E-state index contributed by atoms with van der Waals surface area (Å²) in [4.78, 5) is 26.3. The summed E-state index contributed by atoms with van der Waals surface area (Å²) >= 11 is 6.49. The van der Waals surface area contributed by atoms with Crippen molar-refractivity contribution in [1.29, 1.82) is 0 Å². The first-order valence-corrected chi connectivity index (χ1v) is 39.1. The maximum absolute atomic E-state index is 14.1. The minimum Gasteiger partial charge on any atom is -0.392 e. The SMILES string of the molecule is Cc1cc2c3c(n(CC(O)c4ccncc4)c2cc1Cl)CCN1CCCC31.Cc1ccc2c(c1)c1c(n2CC(O)c2ccncc2F)CCN2CCCC12.OC(Cn1c2c(c3cc(F)ccc31)C1CCCN1CC2)c1ccncc1.OCc1ccc2c(c1)c1c(n2CC(O)c2ccncc2)CCN2CCCC12. The molecule has 0 amide bonds. The van der Waals surface area contributed by atoms with Crippen LogP contribution >= 0.6 is 11.6 Å². The summed E-state index contributed by atoms with van der Waals surface area (Å²) in [6.45, 7) is 15.2. The molecule has 16 heterocycles. The molecule has 0 radical (unpaired) electrons. The van der Waals surface area contributed by atoms with Crippen molar-refractivity contribution in [2.24, 2.45) is 0 Å². The highest BCUT2D eigenvalue weighted by atomic mass is 35.5. The minimum absolute atomic E-state index is 0.0594. The summed E-state index contributed by atoms with van der Waals surface area (Å²) in [5.74, 6) is -0.643. The minimum atomic E-state index is -0.893. The van der Waals surface area contributed by atoms with Gasteiger partial charge in [0.2, 0.25) is 0 Å². The van der Waals surface area contributed by atoms with E-state index in [1.54, 1.807) is 49.3 Å². The van der Waals surface area contributed by atoms with Gasteiger partial charge in [0.05, 0.1) is 68.9 Å². The molecule has 17 nitrogen and oxygen atoms in total. The second-order valence-corrected chi connectivity index (χ2v) is 31.2. The number of rotatable bonds is 13. The predicted octanol–water partition coefficient (Wildman–Crippen LogP) is 14.9. The van der Waals surface area contributed by atoms with Gasteiger partial charge in [0.25, 0.3) is 0 Å². The number of hydrogen-bond acceptors (Lipinski definition) is 13. The molecule has 107 heavy (non-hydrogen) atoms. The Bertz CT molecular complexity index is 5220. The molecule has 8 aromatic heterocycles. The van der Waals surface area contributed by atoms with Crippen LogP contribution in [0.2, 0.25) is 5.02 Å². The molecule has 0 spiro atoms. The Labute approximate surface area is 628 Å². The number of nitrogens with zero attached hydrogens (tertiary/aromatic N) is 12. The largest absolute Gasteiger partial charge is 0.392 e. The maximum atomic E-state index is 14.1. The molecule has 8 unspecified atom stereocenters. The molecule has 4 aromatic carbocycles. The van der Waals surface area contributed by atoms with Crippen LogP contribution in [0.15, 0.2) is 159 Å². The quantitative estimate of drug-likeness (QED) is 0.0735. The van der Waals surface area contributed by atoms with Crippen molar-refractivity contribution in [3.8, 4) is 0 Å². The number of fused-ring (bicyclic) bond motifs is 20. The lowest BCUT2D eigenvalue weighted by atomic mass is 9.95. The molecule has 12 aromatic rings. The van der Waals surface area contributed by atoms with Crippen LogP contribution in [0.3, 0.4) is 0 Å². The first-order valence-electron chi connectivity index (χ1n) is 38.7. The Morgan fingerprint density at radius 3 is 1.21 bits per heavy atom. The molecular weight excluding hydrogens is 1370 g/mol. The number of aryl methyl sites for hydroxylation is 2. The molecule has 20 heteroatoms. The maximum Gasteiger partial charge on any atom is 0.147 e. The fourth-order valence-electron chi connectivity index (χ4n) is 19.7. The first kappa shape index (κ1) is 71.4. The summed E-state index contributed by atoms with van der Waals surface area (Å²) in [6, 6.07) is 36.8. The monoisotopic (exact) mass is 1460 g/mol. The molecule has 554 valence electrons. The van der Waals surface area contributed by atoms with Gasteiger partial charge in [-0.05, 0) is 239 Å². The van der Waals surface area contributed by atoms with Crippen LogP contribution in [0.25, 0.3) is 43.6 Å². The Balaban J connectivity index is 0.000000105. The summed E-state index contributed by atoms with van der Waals surface area (Å²) < 4.78 is 37.2. The molecule has 0 bridgehead atoms. The van der Waals surface area contributed by atoms with Crippen LogP contribution in [0.4, 0.5) is 8.78 Å². The molecule has 0 aliphatic carbocycles. The summed E-state index contributed by atoms with van der Waals surface area (Å²) in [5, 5.41) is 58.5. The molecule has 5 N–H and O–H groups in total. The van der Waals surface area contributed by atoms with Gasteiger partial charge in [-0.2, -0.15) is 0 Å². The second-order valence-electron chi connectivity index (χ2n) is 30.8. The van der Waals surface area contributed by atoms with E-state index >= 15 is 0 Å². The lowest BCUT2D eigenvalue weighted by molar-refractivity contribution is 0.150. The highest BCUT2D eigenvalue weighted by Gasteiger charge is 2.41. The Morgan fingerprint density at radius 1 is 0.411 bits per heavy atom. The van der Waals surface area contributed by atoms with Crippen LogP contribution in [0, 0.1) is 25.5 Å². The smallest absolute Gasteiger partial charge is 0.147 e. The highest BCUT2D eigenvalue weighted by molar-refractivity contribution is 6.32.